The number of anilines is 1. The number of nitrogens with one attached hydrogen (secondary N) is 1. The first-order chi connectivity index (χ1) is 13.1. The van der Waals surface area contributed by atoms with Crippen LogP contribution < -0.4 is 4.90 Å². The van der Waals surface area contributed by atoms with Crippen molar-refractivity contribution in [2.24, 2.45) is 0 Å². The van der Waals surface area contributed by atoms with Crippen LogP contribution >= 0.6 is 11.6 Å². The molecule has 1 atom stereocenters. The molecule has 4 heterocycles. The van der Waals surface area contributed by atoms with Gasteiger partial charge in [-0.3, -0.25) is 14.0 Å². The Morgan fingerprint density at radius 1 is 1.07 bits per heavy atom. The highest BCUT2D eigenvalue weighted by atomic mass is 35.5. The average molecular weight is 415 g/mol. The molecule has 2 aromatic heterocycles. The lowest BCUT2D eigenvalue weighted by molar-refractivity contribution is 0.122. The summed E-state index contributed by atoms with van der Waals surface area (Å²) in [5.74, 6) is 1.65. The Morgan fingerprint density at radius 2 is 1.78 bits per heavy atom. The second-order valence-corrected chi connectivity index (χ2v) is 7.83. The van der Waals surface area contributed by atoms with Gasteiger partial charge < -0.3 is 19.2 Å². The number of ether oxygens (including phenoxy) is 1. The number of imidazole rings is 1. The number of fused-ring (bicyclic) bond motifs is 1. The van der Waals surface area contributed by atoms with Crippen LogP contribution in [0.3, 0.4) is 0 Å². The van der Waals surface area contributed by atoms with Crippen molar-refractivity contribution in [2.75, 3.05) is 63.3 Å². The first-order valence-corrected chi connectivity index (χ1v) is 10.5. The highest BCUT2D eigenvalue weighted by Crippen LogP contribution is 2.25. The Hall–Kier alpha value is -1.37. The number of hydrogen-bond acceptors (Lipinski definition) is 9. The topological polar surface area (TPSA) is 114 Å². The van der Waals surface area contributed by atoms with Crippen LogP contribution in [-0.4, -0.2) is 96.9 Å². The number of hydrogen-bond donors (Lipinski definition) is 1. The first-order valence-electron chi connectivity index (χ1n) is 8.84. The number of piperazine rings is 1. The lowest BCUT2D eigenvalue weighted by atomic mass is 10.3. The van der Waals surface area contributed by atoms with E-state index in [0.29, 0.717) is 25.4 Å². The SMILES string of the molecule is O=S([O-])CN1CCN(Cc2nc3nc(Cl)nc(N4CCOCC4)c3[nH]2)CC1. The molecule has 2 aromatic rings. The third-order valence-electron chi connectivity index (χ3n) is 4.79. The standard InChI is InChI=1S/C15H22ClN7O3S/c16-15-19-13-12(14(20-15)23-5-7-26-8-6-23)17-11(18-13)9-21-1-3-22(4-2-21)10-27(24)25/h1-10H2,(H,24,25)(H,17,18,19,20)/p-1. The molecule has 0 radical (unpaired) electrons. The van der Waals surface area contributed by atoms with E-state index in [1.165, 1.54) is 0 Å². The number of H-pyrrole nitrogens is 1. The van der Waals surface area contributed by atoms with Gasteiger partial charge in [0.2, 0.25) is 5.28 Å². The van der Waals surface area contributed by atoms with E-state index in [-0.39, 0.29) is 11.2 Å². The predicted octanol–water partition coefficient (Wildman–Crippen LogP) is -0.203. The van der Waals surface area contributed by atoms with Crippen LogP contribution in [0.15, 0.2) is 0 Å². The molecule has 0 spiro atoms. The normalized spacial score (nSPS) is 21.0. The molecule has 0 aliphatic carbocycles. The van der Waals surface area contributed by atoms with Gasteiger partial charge in [-0.05, 0) is 22.7 Å². The molecule has 0 aromatic carbocycles. The molecule has 27 heavy (non-hydrogen) atoms. The highest BCUT2D eigenvalue weighted by Gasteiger charge is 2.22. The molecule has 4 rings (SSSR count). The number of aromatic nitrogens is 4. The highest BCUT2D eigenvalue weighted by molar-refractivity contribution is 7.79. The smallest absolute Gasteiger partial charge is 0.226 e. The summed E-state index contributed by atoms with van der Waals surface area (Å²) >= 11 is 4.07. The fraction of sp³-hybridized carbons (Fsp3) is 0.667. The van der Waals surface area contributed by atoms with Crippen LogP contribution in [0.5, 0.6) is 0 Å². The molecule has 1 N–H and O–H groups in total. The third-order valence-corrected chi connectivity index (χ3v) is 5.54. The van der Waals surface area contributed by atoms with Crippen molar-refractivity contribution in [1.82, 2.24) is 29.7 Å². The lowest BCUT2D eigenvalue weighted by Gasteiger charge is -2.34. The maximum absolute atomic E-state index is 10.8. The Balaban J connectivity index is 1.48. The predicted molar refractivity (Wildman–Crippen MR) is 100 cm³/mol. The van der Waals surface area contributed by atoms with E-state index in [9.17, 15) is 8.76 Å². The minimum Gasteiger partial charge on any atom is -0.771 e. The average Bonchev–Trinajstić information content (AvgIpc) is 3.05. The summed E-state index contributed by atoms with van der Waals surface area (Å²) in [5.41, 5.74) is 1.35. The van der Waals surface area contributed by atoms with Crippen molar-refractivity contribution in [3.8, 4) is 0 Å². The second-order valence-electron chi connectivity index (χ2n) is 6.62. The Labute approximate surface area is 164 Å². The summed E-state index contributed by atoms with van der Waals surface area (Å²) in [6.07, 6.45) is 0. The largest absolute Gasteiger partial charge is 0.771 e. The molecule has 0 bridgehead atoms. The zero-order valence-electron chi connectivity index (χ0n) is 14.8. The summed E-state index contributed by atoms with van der Waals surface area (Å²) in [6, 6.07) is 0. The van der Waals surface area contributed by atoms with Crippen LogP contribution in [0.1, 0.15) is 5.82 Å². The van der Waals surface area contributed by atoms with Crippen molar-refractivity contribution < 1.29 is 13.5 Å². The van der Waals surface area contributed by atoms with Crippen molar-refractivity contribution in [2.45, 2.75) is 6.54 Å². The molecular weight excluding hydrogens is 394 g/mol. The summed E-state index contributed by atoms with van der Waals surface area (Å²) in [6.45, 7) is 6.47. The van der Waals surface area contributed by atoms with Crippen molar-refractivity contribution >= 4 is 39.7 Å². The van der Waals surface area contributed by atoms with E-state index in [1.54, 1.807) is 0 Å². The number of rotatable bonds is 5. The fourth-order valence-corrected chi connectivity index (χ4v) is 4.14. The molecule has 2 saturated heterocycles. The summed E-state index contributed by atoms with van der Waals surface area (Å²) in [7, 11) is 0. The van der Waals surface area contributed by atoms with Gasteiger partial charge in [-0.2, -0.15) is 9.97 Å². The van der Waals surface area contributed by atoms with Gasteiger partial charge in [0, 0.05) is 39.3 Å². The van der Waals surface area contributed by atoms with E-state index >= 15 is 0 Å². The molecule has 0 saturated carbocycles. The lowest BCUT2D eigenvalue weighted by Crippen LogP contribution is -2.46. The van der Waals surface area contributed by atoms with Gasteiger partial charge in [0.25, 0.3) is 0 Å². The maximum Gasteiger partial charge on any atom is 0.226 e. The zero-order chi connectivity index (χ0) is 18.8. The van der Waals surface area contributed by atoms with Crippen molar-refractivity contribution in [1.29, 1.82) is 0 Å². The Bertz CT molecular complexity index is 821. The zero-order valence-corrected chi connectivity index (χ0v) is 16.3. The molecule has 2 fully saturated rings. The van der Waals surface area contributed by atoms with Crippen LogP contribution in [0.25, 0.3) is 11.2 Å². The van der Waals surface area contributed by atoms with Gasteiger partial charge in [-0.15, -0.1) is 0 Å². The third kappa shape index (κ3) is 4.55. The van der Waals surface area contributed by atoms with Gasteiger partial charge in [0.15, 0.2) is 11.5 Å². The van der Waals surface area contributed by atoms with Crippen LogP contribution in [-0.2, 0) is 22.4 Å². The van der Waals surface area contributed by atoms with Crippen LogP contribution in [0.4, 0.5) is 5.82 Å². The number of morpholine rings is 1. The first kappa shape index (κ1) is 19.0. The van der Waals surface area contributed by atoms with Gasteiger partial charge >= 0.3 is 0 Å². The van der Waals surface area contributed by atoms with Crippen LogP contribution in [0, 0.1) is 0 Å². The van der Waals surface area contributed by atoms with E-state index in [4.69, 9.17) is 16.3 Å². The van der Waals surface area contributed by atoms with E-state index in [1.807, 2.05) is 4.90 Å². The monoisotopic (exact) mass is 414 g/mol. The maximum atomic E-state index is 10.8. The molecule has 2 aliphatic heterocycles. The van der Waals surface area contributed by atoms with Crippen molar-refractivity contribution in [3.63, 3.8) is 0 Å². The minimum atomic E-state index is -2.03. The van der Waals surface area contributed by atoms with Crippen LogP contribution in [0.2, 0.25) is 5.28 Å². The van der Waals surface area contributed by atoms with Gasteiger partial charge in [0.05, 0.1) is 25.6 Å². The van der Waals surface area contributed by atoms with Gasteiger partial charge in [-0.1, -0.05) is 0 Å². The molecule has 1 unspecified atom stereocenters. The summed E-state index contributed by atoms with van der Waals surface area (Å²) in [5, 5.41) is 0.182. The fourth-order valence-electron chi connectivity index (χ4n) is 3.42. The molecule has 10 nitrogen and oxygen atoms in total. The molecular formula is C15H21ClN7O3S-. The molecule has 148 valence electrons. The molecule has 2 aliphatic rings. The van der Waals surface area contributed by atoms with E-state index in [2.05, 4.69) is 29.7 Å². The van der Waals surface area contributed by atoms with Gasteiger partial charge in [-0.25, -0.2) is 4.98 Å². The summed E-state index contributed by atoms with van der Waals surface area (Å²) in [4.78, 5) is 22.9. The van der Waals surface area contributed by atoms with Gasteiger partial charge in [0.1, 0.15) is 11.3 Å². The number of aromatic amines is 1. The molecule has 12 heteroatoms. The summed E-state index contributed by atoms with van der Waals surface area (Å²) < 4.78 is 27.1. The quantitative estimate of drug-likeness (QED) is 0.524. The Morgan fingerprint density at radius 3 is 2.48 bits per heavy atom. The van der Waals surface area contributed by atoms with E-state index in [0.717, 1.165) is 56.4 Å². The minimum absolute atomic E-state index is 0.0927. The van der Waals surface area contributed by atoms with Crippen molar-refractivity contribution in [3.05, 3.63) is 11.1 Å². The van der Waals surface area contributed by atoms with E-state index < -0.39 is 11.1 Å². The molecule has 0 amide bonds. The Kier molecular flexibility index (Phi) is 5.85. The number of halogens is 1. The second kappa shape index (κ2) is 8.33. The number of nitrogens with zero attached hydrogens (tertiary/aromatic N) is 6.